The zero-order chi connectivity index (χ0) is 45.8. The predicted molar refractivity (Wildman–Crippen MR) is 248 cm³/mol. The van der Waals surface area contributed by atoms with Gasteiger partial charge in [0.15, 0.2) is 11.6 Å². The van der Waals surface area contributed by atoms with E-state index in [4.69, 9.17) is 11.5 Å². The second kappa shape index (κ2) is 37.7. The summed E-state index contributed by atoms with van der Waals surface area (Å²) in [5.74, 6) is 0.886. The number of unbranched alkanes of at least 4 members (excludes halogenated alkanes) is 2. The Kier molecular flexibility index (Phi) is 34.9. The van der Waals surface area contributed by atoms with Gasteiger partial charge in [0.05, 0.1) is 76.2 Å². The Morgan fingerprint density at radius 2 is 1.00 bits per heavy atom. The maximum Gasteiger partial charge on any atom is 0.230 e. The molecule has 18 nitrogen and oxygen atoms in total. The molecule has 62 heavy (non-hydrogen) atoms. The second-order valence-corrected chi connectivity index (χ2v) is 17.5. The third-order valence-electron chi connectivity index (χ3n) is 10.7. The Morgan fingerprint density at radius 1 is 0.597 bits per heavy atom. The van der Waals surface area contributed by atoms with Crippen molar-refractivity contribution in [2.45, 2.75) is 102 Å². The highest BCUT2D eigenvalue weighted by Crippen LogP contribution is 2.16. The summed E-state index contributed by atoms with van der Waals surface area (Å²) in [6, 6.07) is -0.941. The summed E-state index contributed by atoms with van der Waals surface area (Å²) in [4.78, 5) is 96.4. The lowest BCUT2D eigenvalue weighted by molar-refractivity contribution is -0.124. The van der Waals surface area contributed by atoms with E-state index in [-0.39, 0.29) is 84.5 Å². The van der Waals surface area contributed by atoms with Crippen molar-refractivity contribution in [2.75, 3.05) is 103 Å². The number of hydrogen-bond donors (Lipinski definition) is 10. The lowest BCUT2D eigenvalue weighted by Gasteiger charge is -2.19. The van der Waals surface area contributed by atoms with Gasteiger partial charge in [0.25, 0.3) is 0 Å². The molecule has 0 radical (unpaired) electrons. The molecule has 2 saturated heterocycles. The van der Waals surface area contributed by atoms with E-state index in [9.17, 15) is 38.4 Å². The predicted octanol–water partition coefficient (Wildman–Crippen LogP) is -0.826. The van der Waals surface area contributed by atoms with Crippen molar-refractivity contribution in [3.05, 3.63) is 0 Å². The molecule has 2 aliphatic rings. The highest BCUT2D eigenvalue weighted by molar-refractivity contribution is 7.99. The SMILES string of the molecule is CSCC(=O)NCNCCCC[C@@H]1CCNCC(=O)CCC[C@@H](C(=O)CN)NCC1=O.CSCC(=O)NCNCCCC[C@@H]1CCNCC(=O)CCC[C@@H](C(=O)CN)NCC1=O. The first kappa shape index (κ1) is 57.4. The van der Waals surface area contributed by atoms with Crippen molar-refractivity contribution in [1.29, 1.82) is 0 Å². The smallest absolute Gasteiger partial charge is 0.230 e. The second-order valence-electron chi connectivity index (χ2n) is 15.7. The first-order valence-electron chi connectivity index (χ1n) is 22.3. The maximum absolute atomic E-state index is 12.8. The molecule has 356 valence electrons. The van der Waals surface area contributed by atoms with Crippen LogP contribution in [0.1, 0.15) is 89.9 Å². The highest BCUT2D eigenvalue weighted by atomic mass is 32.2. The van der Waals surface area contributed by atoms with Crippen molar-refractivity contribution < 1.29 is 38.4 Å². The van der Waals surface area contributed by atoms with Crippen LogP contribution in [0.25, 0.3) is 0 Å². The van der Waals surface area contributed by atoms with E-state index in [0.29, 0.717) is 102 Å². The average molecular weight is 915 g/mol. The van der Waals surface area contributed by atoms with Gasteiger partial charge in [-0.2, -0.15) is 23.5 Å². The summed E-state index contributed by atoms with van der Waals surface area (Å²) in [6.45, 7) is 4.40. The molecule has 20 heteroatoms. The Balaban J connectivity index is 0.000000620. The fourth-order valence-electron chi connectivity index (χ4n) is 7.04. The van der Waals surface area contributed by atoms with Gasteiger partial charge < -0.3 is 43.4 Å². The molecule has 2 heterocycles. The van der Waals surface area contributed by atoms with Gasteiger partial charge in [0.2, 0.25) is 11.8 Å². The topological polar surface area (TPSA) is 285 Å². The van der Waals surface area contributed by atoms with Gasteiger partial charge in [-0.05, 0) is 103 Å². The first-order chi connectivity index (χ1) is 29.9. The van der Waals surface area contributed by atoms with Crippen LogP contribution in [0.4, 0.5) is 0 Å². The quantitative estimate of drug-likeness (QED) is 0.0469. The van der Waals surface area contributed by atoms with Gasteiger partial charge in [0.1, 0.15) is 23.1 Å². The van der Waals surface area contributed by atoms with Crippen molar-refractivity contribution in [2.24, 2.45) is 23.3 Å². The van der Waals surface area contributed by atoms with Crippen molar-refractivity contribution in [1.82, 2.24) is 42.5 Å². The van der Waals surface area contributed by atoms with E-state index >= 15 is 0 Å². The molecule has 0 aromatic carbocycles. The lowest BCUT2D eigenvalue weighted by Crippen LogP contribution is -2.43. The van der Waals surface area contributed by atoms with Crippen LogP contribution >= 0.6 is 23.5 Å². The summed E-state index contributed by atoms with van der Waals surface area (Å²) in [7, 11) is 0. The number of ketones is 6. The lowest BCUT2D eigenvalue weighted by atomic mass is 9.93. The zero-order valence-electron chi connectivity index (χ0n) is 37.3. The standard InChI is InChI=1S/2C21H39N5O4S/c2*1-31-14-21(30)26-15-24-9-3-2-5-16-8-10-23-12-17(27)6-4-7-18(19(28)11-22)25-13-20(16)29/h2*16,18,23-25H,2-15,22H2,1H3,(H,26,30)/t2*16-,18+/m11/s1. The van der Waals surface area contributed by atoms with Crippen molar-refractivity contribution in [3.8, 4) is 0 Å². The number of carbonyl (C=O) groups excluding carboxylic acids is 8. The molecule has 0 unspecified atom stereocenters. The van der Waals surface area contributed by atoms with E-state index < -0.39 is 12.1 Å². The molecule has 2 fully saturated rings. The fourth-order valence-corrected chi connectivity index (χ4v) is 7.77. The molecule has 4 atom stereocenters. The third-order valence-corrected chi connectivity index (χ3v) is 11.8. The molecule has 2 aliphatic heterocycles. The van der Waals surface area contributed by atoms with Crippen LogP contribution in [-0.2, 0) is 38.4 Å². The summed E-state index contributed by atoms with van der Waals surface area (Å²) < 4.78 is 0. The minimum atomic E-state index is -0.471. The highest BCUT2D eigenvalue weighted by Gasteiger charge is 2.24. The molecule has 12 N–H and O–H groups in total. The Morgan fingerprint density at radius 3 is 1.37 bits per heavy atom. The van der Waals surface area contributed by atoms with Crippen LogP contribution in [0.5, 0.6) is 0 Å². The number of amides is 2. The number of nitrogens with one attached hydrogen (secondary N) is 8. The molecular weight excluding hydrogens is 837 g/mol. The van der Waals surface area contributed by atoms with Crippen molar-refractivity contribution >= 4 is 70.0 Å². The van der Waals surface area contributed by atoms with E-state index in [1.807, 2.05) is 12.5 Å². The molecule has 2 rings (SSSR count). The van der Waals surface area contributed by atoms with Crippen LogP contribution < -0.4 is 54.0 Å². The third kappa shape index (κ3) is 28.9. The average Bonchev–Trinajstić information content (AvgIpc) is 3.27. The largest absolute Gasteiger partial charge is 0.343 e. The van der Waals surface area contributed by atoms with Gasteiger partial charge >= 0.3 is 0 Å². The molecule has 0 spiro atoms. The van der Waals surface area contributed by atoms with E-state index in [1.165, 1.54) is 23.5 Å². The molecule has 0 bridgehead atoms. The van der Waals surface area contributed by atoms with Crippen LogP contribution in [0, 0.1) is 11.8 Å². The van der Waals surface area contributed by atoms with E-state index in [0.717, 1.165) is 51.6 Å². The molecule has 0 aromatic heterocycles. The van der Waals surface area contributed by atoms with Gasteiger partial charge in [-0.3, -0.25) is 49.0 Å². The molecule has 0 aromatic rings. The number of Topliss-reactive ketones (excluding diaryl/α,β-unsaturated/α-hetero) is 6. The summed E-state index contributed by atoms with van der Waals surface area (Å²) >= 11 is 2.97. The van der Waals surface area contributed by atoms with E-state index in [2.05, 4.69) is 42.5 Å². The Hall–Kier alpha value is -2.66. The minimum Gasteiger partial charge on any atom is -0.343 e. The van der Waals surface area contributed by atoms with Crippen LogP contribution in [-0.4, -0.2) is 161 Å². The van der Waals surface area contributed by atoms with Gasteiger partial charge in [-0.1, -0.05) is 12.8 Å². The number of rotatable bonds is 22. The van der Waals surface area contributed by atoms with Crippen LogP contribution in [0.3, 0.4) is 0 Å². The number of carbonyl (C=O) groups is 8. The summed E-state index contributed by atoms with van der Waals surface area (Å²) in [5, 5.41) is 24.4. The fraction of sp³-hybridized carbons (Fsp3) is 0.810. The van der Waals surface area contributed by atoms with E-state index in [1.54, 1.807) is 0 Å². The Labute approximate surface area is 377 Å². The van der Waals surface area contributed by atoms with Crippen LogP contribution in [0.15, 0.2) is 0 Å². The zero-order valence-corrected chi connectivity index (χ0v) is 39.0. The van der Waals surface area contributed by atoms with Crippen molar-refractivity contribution in [3.63, 3.8) is 0 Å². The first-order valence-corrected chi connectivity index (χ1v) is 25.1. The number of nitrogens with two attached hydrogens (primary N) is 2. The molecule has 0 aliphatic carbocycles. The van der Waals surface area contributed by atoms with Gasteiger partial charge in [-0.25, -0.2) is 0 Å². The number of thioether (sulfide) groups is 2. The maximum atomic E-state index is 12.8. The van der Waals surface area contributed by atoms with Gasteiger partial charge in [-0.15, -0.1) is 0 Å². The monoisotopic (exact) mass is 915 g/mol. The van der Waals surface area contributed by atoms with Crippen LogP contribution in [0.2, 0.25) is 0 Å². The molecule has 0 saturated carbocycles. The minimum absolute atomic E-state index is 0.0134. The molecule has 2 amide bonds. The normalized spacial score (nSPS) is 21.6. The van der Waals surface area contributed by atoms with Gasteiger partial charge in [0, 0.05) is 24.7 Å². The Bertz CT molecular complexity index is 1250. The number of hydrogen-bond acceptors (Lipinski definition) is 18. The summed E-state index contributed by atoms with van der Waals surface area (Å²) in [5.41, 5.74) is 11.0. The summed E-state index contributed by atoms with van der Waals surface area (Å²) in [6.07, 6.45) is 13.3. The molecular formula is C42H78N10O8S2.